The molecule has 1 fully saturated rings. The van der Waals surface area contributed by atoms with Crippen molar-refractivity contribution >= 4 is 10.8 Å². The summed E-state index contributed by atoms with van der Waals surface area (Å²) in [6.07, 6.45) is 1.18. The summed E-state index contributed by atoms with van der Waals surface area (Å²) >= 11 is 0. The molecule has 1 aliphatic heterocycles. The first kappa shape index (κ1) is 11.2. The highest BCUT2D eigenvalue weighted by atomic mass is 32.2. The number of nitrogens with zero attached hydrogens (tertiary/aromatic N) is 1. The van der Waals surface area contributed by atoms with Gasteiger partial charge in [-0.2, -0.15) is 0 Å². The van der Waals surface area contributed by atoms with E-state index in [-0.39, 0.29) is 4.75 Å². The van der Waals surface area contributed by atoms with Crippen LogP contribution in [0.5, 0.6) is 0 Å². The molecule has 2 unspecified atom stereocenters. The summed E-state index contributed by atoms with van der Waals surface area (Å²) in [6.45, 7) is 10.7. The van der Waals surface area contributed by atoms with Crippen molar-refractivity contribution in [2.24, 2.45) is 0 Å². The molecule has 2 nitrogen and oxygen atoms in total. The van der Waals surface area contributed by atoms with Crippen LogP contribution in [0, 0.1) is 0 Å². The van der Waals surface area contributed by atoms with Gasteiger partial charge in [-0.1, -0.05) is 6.92 Å². The molecule has 0 saturated carbocycles. The van der Waals surface area contributed by atoms with E-state index in [0.29, 0.717) is 6.04 Å². The second-order valence-corrected chi connectivity index (χ2v) is 6.74. The maximum absolute atomic E-state index is 11.7. The Morgan fingerprint density at radius 3 is 2.62 bits per heavy atom. The fraction of sp³-hybridized carbons (Fsp3) is 1.00. The molecule has 0 aromatic carbocycles. The fourth-order valence-corrected chi connectivity index (χ4v) is 3.01. The molecule has 0 spiro atoms. The van der Waals surface area contributed by atoms with E-state index in [1.54, 1.807) is 0 Å². The molecule has 2 atom stereocenters. The molecule has 0 radical (unpaired) electrons. The van der Waals surface area contributed by atoms with Gasteiger partial charge in [0.25, 0.3) is 0 Å². The van der Waals surface area contributed by atoms with E-state index in [4.69, 9.17) is 0 Å². The first-order valence-corrected chi connectivity index (χ1v) is 6.42. The summed E-state index contributed by atoms with van der Waals surface area (Å²) < 4.78 is 11.6. The second-order valence-electron chi connectivity index (χ2n) is 4.54. The highest BCUT2D eigenvalue weighted by molar-refractivity contribution is 7.86. The fourth-order valence-electron chi connectivity index (χ4n) is 1.75. The summed E-state index contributed by atoms with van der Waals surface area (Å²) in [5.41, 5.74) is 0. The van der Waals surface area contributed by atoms with Crippen LogP contribution in [0.15, 0.2) is 0 Å². The normalized spacial score (nSPS) is 31.5. The maximum atomic E-state index is 11.7. The van der Waals surface area contributed by atoms with E-state index in [2.05, 4.69) is 32.6 Å². The van der Waals surface area contributed by atoms with Crippen molar-refractivity contribution in [3.8, 4) is 0 Å². The van der Waals surface area contributed by atoms with Crippen LogP contribution in [-0.4, -0.2) is 38.7 Å². The van der Waals surface area contributed by atoms with E-state index in [0.717, 1.165) is 18.8 Å². The molecule has 1 heterocycles. The quantitative estimate of drug-likeness (QED) is 0.680. The van der Waals surface area contributed by atoms with Gasteiger partial charge in [-0.3, -0.25) is 9.11 Å². The Labute approximate surface area is 84.2 Å². The lowest BCUT2D eigenvalue weighted by atomic mass is 10.1. The molecule has 0 N–H and O–H groups in total. The third kappa shape index (κ3) is 2.53. The summed E-state index contributed by atoms with van der Waals surface area (Å²) in [7, 11) is -0.631. The lowest BCUT2D eigenvalue weighted by molar-refractivity contribution is 0.191. The standard InChI is InChI=1S/C10H21NOS/c1-5-9(2)11-6-7-13(12)10(3,4)8-11/h9H,5-8H2,1-4H3. The number of hydrogen-bond acceptors (Lipinski definition) is 2. The van der Waals surface area contributed by atoms with Crippen molar-refractivity contribution < 1.29 is 4.21 Å². The van der Waals surface area contributed by atoms with Crippen LogP contribution in [0.3, 0.4) is 0 Å². The van der Waals surface area contributed by atoms with Crippen LogP contribution < -0.4 is 0 Å². The third-order valence-electron chi connectivity index (χ3n) is 2.98. The van der Waals surface area contributed by atoms with Gasteiger partial charge in [0.2, 0.25) is 0 Å². The van der Waals surface area contributed by atoms with E-state index in [9.17, 15) is 4.21 Å². The molecule has 0 aliphatic carbocycles. The first-order valence-electron chi connectivity index (χ1n) is 5.10. The lowest BCUT2D eigenvalue weighted by Crippen LogP contribution is -2.52. The number of hydrogen-bond donors (Lipinski definition) is 0. The van der Waals surface area contributed by atoms with Gasteiger partial charge in [0, 0.05) is 35.7 Å². The van der Waals surface area contributed by atoms with Gasteiger partial charge in [0.05, 0.1) is 4.75 Å². The van der Waals surface area contributed by atoms with E-state index in [1.807, 2.05) is 0 Å². The molecule has 13 heavy (non-hydrogen) atoms. The highest BCUT2D eigenvalue weighted by Gasteiger charge is 2.34. The van der Waals surface area contributed by atoms with Crippen LogP contribution in [-0.2, 0) is 10.8 Å². The smallest absolute Gasteiger partial charge is 0.0530 e. The Kier molecular flexibility index (Phi) is 3.52. The zero-order valence-corrected chi connectivity index (χ0v) is 9.99. The van der Waals surface area contributed by atoms with Crippen LogP contribution in [0.4, 0.5) is 0 Å². The minimum atomic E-state index is -0.631. The monoisotopic (exact) mass is 203 g/mol. The zero-order valence-electron chi connectivity index (χ0n) is 9.17. The predicted octanol–water partition coefficient (Wildman–Crippen LogP) is 1.63. The molecule has 1 saturated heterocycles. The Balaban J connectivity index is 2.60. The largest absolute Gasteiger partial charge is 0.298 e. The van der Waals surface area contributed by atoms with Crippen LogP contribution in [0.25, 0.3) is 0 Å². The van der Waals surface area contributed by atoms with Crippen molar-refractivity contribution in [3.63, 3.8) is 0 Å². The van der Waals surface area contributed by atoms with Crippen LogP contribution in [0.2, 0.25) is 0 Å². The van der Waals surface area contributed by atoms with Gasteiger partial charge < -0.3 is 0 Å². The highest BCUT2D eigenvalue weighted by Crippen LogP contribution is 2.22. The predicted molar refractivity (Wildman–Crippen MR) is 58.4 cm³/mol. The molecule has 0 amide bonds. The van der Waals surface area contributed by atoms with E-state index < -0.39 is 10.8 Å². The molecular formula is C10H21NOS. The summed E-state index contributed by atoms with van der Waals surface area (Å²) in [6, 6.07) is 0.636. The van der Waals surface area contributed by atoms with Crippen molar-refractivity contribution in [2.45, 2.75) is 44.9 Å². The second kappa shape index (κ2) is 4.09. The zero-order chi connectivity index (χ0) is 10.1. The third-order valence-corrected chi connectivity index (χ3v) is 4.89. The first-order chi connectivity index (χ1) is 5.97. The molecule has 0 aromatic rings. The van der Waals surface area contributed by atoms with Crippen LogP contribution in [0.1, 0.15) is 34.1 Å². The number of rotatable bonds is 2. The summed E-state index contributed by atoms with van der Waals surface area (Å²) in [5.74, 6) is 0.845. The van der Waals surface area contributed by atoms with Gasteiger partial charge in [-0.25, -0.2) is 0 Å². The lowest BCUT2D eigenvalue weighted by Gasteiger charge is -2.40. The summed E-state index contributed by atoms with van der Waals surface area (Å²) in [5, 5.41) is 0. The van der Waals surface area contributed by atoms with E-state index >= 15 is 0 Å². The average molecular weight is 203 g/mol. The molecule has 1 aliphatic rings. The molecule has 3 heteroatoms. The SMILES string of the molecule is CCC(C)N1CCS(=O)C(C)(C)C1. The topological polar surface area (TPSA) is 20.3 Å². The maximum Gasteiger partial charge on any atom is 0.0530 e. The Hall–Kier alpha value is 0.110. The van der Waals surface area contributed by atoms with Gasteiger partial charge in [0.15, 0.2) is 0 Å². The Morgan fingerprint density at radius 1 is 1.54 bits per heavy atom. The van der Waals surface area contributed by atoms with Crippen molar-refractivity contribution in [3.05, 3.63) is 0 Å². The molecule has 0 aromatic heterocycles. The molecular weight excluding hydrogens is 182 g/mol. The van der Waals surface area contributed by atoms with Crippen molar-refractivity contribution in [1.82, 2.24) is 4.90 Å². The molecule has 0 bridgehead atoms. The van der Waals surface area contributed by atoms with E-state index in [1.165, 1.54) is 6.42 Å². The molecule has 78 valence electrons. The average Bonchev–Trinajstić information content (AvgIpc) is 2.08. The van der Waals surface area contributed by atoms with Crippen molar-refractivity contribution in [1.29, 1.82) is 0 Å². The van der Waals surface area contributed by atoms with Gasteiger partial charge in [-0.05, 0) is 27.2 Å². The Bertz CT molecular complexity index is 203. The molecule has 1 rings (SSSR count). The van der Waals surface area contributed by atoms with Gasteiger partial charge in [0.1, 0.15) is 0 Å². The minimum Gasteiger partial charge on any atom is -0.298 e. The van der Waals surface area contributed by atoms with Crippen molar-refractivity contribution in [2.75, 3.05) is 18.8 Å². The van der Waals surface area contributed by atoms with Gasteiger partial charge >= 0.3 is 0 Å². The van der Waals surface area contributed by atoms with Gasteiger partial charge in [-0.15, -0.1) is 0 Å². The Morgan fingerprint density at radius 2 is 2.15 bits per heavy atom. The van der Waals surface area contributed by atoms with Crippen LogP contribution >= 0.6 is 0 Å². The summed E-state index contributed by atoms with van der Waals surface area (Å²) in [4.78, 5) is 2.46. The minimum absolute atomic E-state index is 0.0122.